The Labute approximate surface area is 254 Å². The Morgan fingerprint density at radius 2 is 1.64 bits per heavy atom. The van der Waals surface area contributed by atoms with E-state index in [0.717, 1.165) is 69.8 Å². The molecule has 2 amide bonds. The summed E-state index contributed by atoms with van der Waals surface area (Å²) in [6.45, 7) is 14.1. The van der Waals surface area contributed by atoms with Gasteiger partial charge in [-0.25, -0.2) is 0 Å². The molecule has 4 aliphatic carbocycles. The number of likely N-dealkylation sites (N-methyl/N-ethyl adjacent to an activating group) is 1. The lowest BCUT2D eigenvalue weighted by molar-refractivity contribution is -0.273. The highest BCUT2D eigenvalue weighted by atomic mass is 16.7. The number of rotatable bonds is 3. The van der Waals surface area contributed by atoms with Gasteiger partial charge in [0, 0.05) is 44.6 Å². The van der Waals surface area contributed by atoms with Crippen LogP contribution in [-0.4, -0.2) is 79.4 Å². The van der Waals surface area contributed by atoms with Gasteiger partial charge in [-0.05, 0) is 111 Å². The average molecular weight is 584 g/mol. The number of hydrogen-bond donors (Lipinski definition) is 1. The first-order valence-electron chi connectivity index (χ1n) is 17.6. The zero-order valence-corrected chi connectivity index (χ0v) is 27.0. The highest BCUT2D eigenvalue weighted by Crippen LogP contribution is 2.71. The summed E-state index contributed by atoms with van der Waals surface area (Å²) >= 11 is 0. The Kier molecular flexibility index (Phi) is 7.54. The molecule has 4 saturated carbocycles. The van der Waals surface area contributed by atoms with Crippen molar-refractivity contribution >= 4 is 11.8 Å². The summed E-state index contributed by atoms with van der Waals surface area (Å²) in [6, 6.07) is 0.218. The van der Waals surface area contributed by atoms with Gasteiger partial charge < -0.3 is 24.6 Å². The zero-order chi connectivity index (χ0) is 29.4. The van der Waals surface area contributed by atoms with Crippen LogP contribution in [0.3, 0.4) is 0 Å². The van der Waals surface area contributed by atoms with E-state index >= 15 is 0 Å². The molecule has 1 N–H and O–H groups in total. The van der Waals surface area contributed by atoms with Crippen molar-refractivity contribution < 1.29 is 19.1 Å². The molecule has 7 heteroatoms. The Morgan fingerprint density at radius 3 is 2.38 bits per heavy atom. The van der Waals surface area contributed by atoms with Gasteiger partial charge in [0.2, 0.25) is 11.8 Å². The summed E-state index contributed by atoms with van der Waals surface area (Å²) in [5.41, 5.74) is 0.737. The van der Waals surface area contributed by atoms with E-state index in [1.807, 2.05) is 4.90 Å². The molecule has 7 aliphatic rings. The Hall–Kier alpha value is -1.18. The van der Waals surface area contributed by atoms with Crippen LogP contribution in [0.5, 0.6) is 0 Å². The zero-order valence-electron chi connectivity index (χ0n) is 27.0. The van der Waals surface area contributed by atoms with Crippen LogP contribution in [0.4, 0.5) is 0 Å². The lowest BCUT2D eigenvalue weighted by atomic mass is 9.44. The van der Waals surface area contributed by atoms with Crippen molar-refractivity contribution in [1.82, 2.24) is 15.1 Å². The molecule has 42 heavy (non-hydrogen) atoms. The topological polar surface area (TPSA) is 71.1 Å². The summed E-state index contributed by atoms with van der Waals surface area (Å²) in [4.78, 5) is 29.7. The van der Waals surface area contributed by atoms with Crippen LogP contribution in [0.2, 0.25) is 0 Å². The predicted octanol–water partition coefficient (Wildman–Crippen LogP) is 5.08. The summed E-state index contributed by atoms with van der Waals surface area (Å²) < 4.78 is 13.5. The van der Waals surface area contributed by atoms with Crippen molar-refractivity contribution in [2.75, 3.05) is 39.8 Å². The van der Waals surface area contributed by atoms with Crippen LogP contribution >= 0.6 is 0 Å². The summed E-state index contributed by atoms with van der Waals surface area (Å²) in [5.74, 6) is 4.39. The van der Waals surface area contributed by atoms with Gasteiger partial charge in [0.05, 0.1) is 12.7 Å². The first-order chi connectivity index (χ1) is 20.0. The van der Waals surface area contributed by atoms with Crippen LogP contribution in [0, 0.1) is 52.3 Å². The molecule has 0 aromatic rings. The van der Waals surface area contributed by atoms with E-state index in [0.29, 0.717) is 40.6 Å². The Balaban J connectivity index is 0.971. The van der Waals surface area contributed by atoms with Gasteiger partial charge in [-0.2, -0.15) is 0 Å². The van der Waals surface area contributed by atoms with Crippen LogP contribution in [0.15, 0.2) is 0 Å². The Bertz CT molecular complexity index is 1050. The molecule has 7 nitrogen and oxygen atoms in total. The molecule has 0 unspecified atom stereocenters. The number of hydrogen-bond acceptors (Lipinski definition) is 5. The van der Waals surface area contributed by atoms with Gasteiger partial charge in [0.15, 0.2) is 5.79 Å². The molecule has 0 aromatic carbocycles. The number of carbonyl (C=O) groups excluding carboxylic acids is 2. The quantitative estimate of drug-likeness (QED) is 0.469. The fourth-order valence-corrected chi connectivity index (χ4v) is 12.0. The normalized spacial score (nSPS) is 50.5. The third kappa shape index (κ3) is 4.69. The van der Waals surface area contributed by atoms with Crippen molar-refractivity contribution in [3.63, 3.8) is 0 Å². The molecule has 7 rings (SSSR count). The second-order valence-corrected chi connectivity index (χ2v) is 16.6. The third-order valence-corrected chi connectivity index (χ3v) is 14.5. The first kappa shape index (κ1) is 29.5. The highest BCUT2D eigenvalue weighted by Gasteiger charge is 2.69. The van der Waals surface area contributed by atoms with E-state index in [-0.39, 0.29) is 30.1 Å². The number of amides is 2. The molecule has 3 heterocycles. The average Bonchev–Trinajstić information content (AvgIpc) is 3.40. The third-order valence-electron chi connectivity index (χ3n) is 14.5. The molecule has 7 fully saturated rings. The van der Waals surface area contributed by atoms with Crippen LogP contribution < -0.4 is 5.32 Å². The van der Waals surface area contributed by atoms with Crippen LogP contribution in [0.25, 0.3) is 0 Å². The van der Waals surface area contributed by atoms with Crippen molar-refractivity contribution in [2.24, 2.45) is 52.3 Å². The van der Waals surface area contributed by atoms with Crippen molar-refractivity contribution in [3.8, 4) is 0 Å². The number of nitrogens with zero attached hydrogens (tertiary/aromatic N) is 2. The Morgan fingerprint density at radius 1 is 0.881 bits per heavy atom. The van der Waals surface area contributed by atoms with E-state index in [2.05, 4.69) is 45.0 Å². The van der Waals surface area contributed by atoms with Gasteiger partial charge >= 0.3 is 0 Å². The van der Waals surface area contributed by atoms with Gasteiger partial charge in [0.1, 0.15) is 6.42 Å². The fourth-order valence-electron chi connectivity index (χ4n) is 12.0. The van der Waals surface area contributed by atoms with Crippen LogP contribution in [-0.2, 0) is 19.1 Å². The minimum absolute atomic E-state index is 0.00128. The molecule has 1 spiro atoms. The summed E-state index contributed by atoms with van der Waals surface area (Å²) in [5, 5.41) is 3.30. The summed E-state index contributed by atoms with van der Waals surface area (Å²) in [7, 11) is 2.08. The van der Waals surface area contributed by atoms with Gasteiger partial charge in [-0.3, -0.25) is 9.59 Å². The van der Waals surface area contributed by atoms with Gasteiger partial charge in [-0.1, -0.05) is 27.7 Å². The maximum Gasteiger partial charge on any atom is 0.232 e. The fraction of sp³-hybridized carbons (Fsp3) is 0.943. The first-order valence-corrected chi connectivity index (χ1v) is 17.6. The second-order valence-electron chi connectivity index (χ2n) is 16.6. The molecule has 0 aromatic heterocycles. The molecule has 236 valence electrons. The van der Waals surface area contributed by atoms with E-state index in [1.54, 1.807) is 0 Å². The molecule has 12 atom stereocenters. The monoisotopic (exact) mass is 583 g/mol. The largest absolute Gasteiger partial charge is 0.353 e. The number of ether oxygens (including phenoxy) is 2. The van der Waals surface area contributed by atoms with Gasteiger partial charge in [0.25, 0.3) is 0 Å². The SMILES string of the molecule is C[C@H]1CC[C@@]2(OC1)O[C@H]1C[C@H]3[C@@H]4CC[C@@H]5C[C@@H](NC(=O)CC(=O)N6CCN(C)CC6)CC[C@]5(C)[C@H]4CC[C@]3(C)[C@H]1[C@@H]2C. The van der Waals surface area contributed by atoms with Crippen molar-refractivity contribution in [2.45, 2.75) is 116 Å². The van der Waals surface area contributed by atoms with E-state index in [4.69, 9.17) is 9.47 Å². The lowest BCUT2D eigenvalue weighted by Crippen LogP contribution is -2.56. The number of carbonyl (C=O) groups is 2. The standard InChI is InChI=1S/C35H57N3O4/c1-22-8-13-35(41-21-22)23(2)32-29(42-35)19-28-26-7-6-24-18-25(9-11-33(24,3)27(26)10-12-34(28,32)4)36-30(39)20-31(40)38-16-14-37(5)15-17-38/h22-29,32H,6-21H2,1-5H3,(H,36,39)/t22-,23-,24+,25-,26+,27-,28-,29-,32-,33-,34-,35+/m0/s1. The summed E-state index contributed by atoms with van der Waals surface area (Å²) in [6.07, 6.45) is 12.5. The maximum atomic E-state index is 12.9. The number of nitrogens with one attached hydrogen (secondary N) is 1. The highest BCUT2D eigenvalue weighted by molar-refractivity contribution is 5.97. The molecule has 0 bridgehead atoms. The molecular weight excluding hydrogens is 526 g/mol. The number of fused-ring (bicyclic) bond motifs is 7. The maximum absolute atomic E-state index is 12.9. The van der Waals surface area contributed by atoms with Crippen LogP contribution in [0.1, 0.15) is 98.3 Å². The minimum atomic E-state index is -0.325. The molecular formula is C35H57N3O4. The predicted molar refractivity (Wildman–Crippen MR) is 162 cm³/mol. The van der Waals surface area contributed by atoms with Crippen molar-refractivity contribution in [3.05, 3.63) is 0 Å². The molecule has 3 aliphatic heterocycles. The molecule has 0 radical (unpaired) electrons. The van der Waals surface area contributed by atoms with E-state index < -0.39 is 0 Å². The second kappa shape index (κ2) is 10.7. The number of piperazine rings is 1. The smallest absolute Gasteiger partial charge is 0.232 e. The van der Waals surface area contributed by atoms with E-state index in [1.165, 1.54) is 44.9 Å². The minimum Gasteiger partial charge on any atom is -0.353 e. The van der Waals surface area contributed by atoms with E-state index in [9.17, 15) is 9.59 Å². The lowest BCUT2D eigenvalue weighted by Gasteiger charge is -2.61. The van der Waals surface area contributed by atoms with Crippen molar-refractivity contribution in [1.29, 1.82) is 0 Å². The van der Waals surface area contributed by atoms with Gasteiger partial charge in [-0.15, -0.1) is 0 Å². The molecule has 3 saturated heterocycles.